The maximum Gasteiger partial charge on any atom is 0.405 e. The summed E-state index contributed by atoms with van der Waals surface area (Å²) < 4.78 is 71.6. The molecule has 4 N–H and O–H groups in total. The fourth-order valence-corrected chi connectivity index (χ4v) is 3.90. The van der Waals surface area contributed by atoms with Gasteiger partial charge in [-0.2, -0.15) is 22.0 Å². The number of alkyl halides is 5. The summed E-state index contributed by atoms with van der Waals surface area (Å²) in [6.45, 7) is 1.70. The van der Waals surface area contributed by atoms with E-state index in [-0.39, 0.29) is 16.1 Å². The average Bonchev–Trinajstić information content (AvgIpc) is 2.96. The summed E-state index contributed by atoms with van der Waals surface area (Å²) in [5, 5.41) is 8.12. The lowest BCUT2D eigenvalue weighted by molar-refractivity contribution is -0.165. The number of ether oxygens (including phenoxy) is 1. The Labute approximate surface area is 254 Å². The highest BCUT2D eigenvalue weighted by atomic mass is 35.5. The van der Waals surface area contributed by atoms with E-state index in [4.69, 9.17) is 16.3 Å². The van der Waals surface area contributed by atoms with Crippen LogP contribution in [0.15, 0.2) is 48.5 Å². The first-order valence-corrected chi connectivity index (χ1v) is 13.3. The summed E-state index contributed by atoms with van der Waals surface area (Å²) in [4.78, 5) is 63.5. The molecule has 0 aliphatic heterocycles. The number of benzene rings is 2. The lowest BCUT2D eigenvalue weighted by Gasteiger charge is -2.28. The molecule has 0 radical (unpaired) electrons. The quantitative estimate of drug-likeness (QED) is 0.194. The van der Waals surface area contributed by atoms with Gasteiger partial charge in [-0.05, 0) is 48.7 Å². The van der Waals surface area contributed by atoms with Crippen LogP contribution in [0.25, 0.3) is 0 Å². The number of carbonyl (C=O) groups excluding carboxylic acids is 5. The van der Waals surface area contributed by atoms with Crippen molar-refractivity contribution in [2.24, 2.45) is 5.92 Å². The smallest absolute Gasteiger partial charge is 0.405 e. The van der Waals surface area contributed by atoms with Gasteiger partial charge in [0.25, 0.3) is 11.8 Å². The van der Waals surface area contributed by atoms with E-state index in [1.807, 2.05) is 0 Å². The Hall–Kier alpha value is -4.27. The van der Waals surface area contributed by atoms with Crippen molar-refractivity contribution >= 4 is 41.0 Å². The summed E-state index contributed by atoms with van der Waals surface area (Å²) >= 11 is 5.90. The minimum absolute atomic E-state index is 0.106. The number of hydrogen-bond acceptors (Lipinski definition) is 6. The molecule has 2 aromatic carbocycles. The maximum atomic E-state index is 14.6. The standard InChI is InChI=1S/C28H30ClF5N4O6/c1-14(2)20(22(39)28(33,34)26(43)35-13-27(30,31)32)37-25(42)21(16-8-10-19(44-4)11-9-16)38-23(40)15(3)36-24(41)17-6-5-7-18(29)12-17/h5-12,14-15,20-21H,13H2,1-4H3,(H,35,43)(H,36,41)(H,37,42)(H,38,40)/t15?,20-,21?/m0/s1. The van der Waals surface area contributed by atoms with Crippen molar-refractivity contribution in [1.29, 1.82) is 0 Å². The molecule has 0 saturated heterocycles. The second-order valence-electron chi connectivity index (χ2n) is 9.89. The minimum atomic E-state index is -5.02. The van der Waals surface area contributed by atoms with E-state index >= 15 is 0 Å². The molecule has 2 unspecified atom stereocenters. The number of methoxy groups -OCH3 is 1. The normalized spacial score (nSPS) is 13.7. The highest BCUT2D eigenvalue weighted by Gasteiger charge is 2.52. The van der Waals surface area contributed by atoms with Crippen LogP contribution in [0, 0.1) is 5.92 Å². The Kier molecular flexibility index (Phi) is 12.2. The zero-order valence-corrected chi connectivity index (χ0v) is 24.6. The van der Waals surface area contributed by atoms with Crippen molar-refractivity contribution in [3.8, 4) is 5.75 Å². The van der Waals surface area contributed by atoms with Crippen LogP contribution in [-0.4, -0.2) is 67.2 Å². The first-order chi connectivity index (χ1) is 20.4. The van der Waals surface area contributed by atoms with Gasteiger partial charge in [-0.15, -0.1) is 0 Å². The Morgan fingerprint density at radius 2 is 1.48 bits per heavy atom. The van der Waals surface area contributed by atoms with Crippen LogP contribution < -0.4 is 26.0 Å². The number of rotatable bonds is 13. The molecule has 2 aromatic rings. The third-order valence-corrected chi connectivity index (χ3v) is 6.35. The summed E-state index contributed by atoms with van der Waals surface area (Å²) in [5.74, 6) is -13.0. The zero-order valence-electron chi connectivity index (χ0n) is 23.9. The molecule has 0 aliphatic carbocycles. The van der Waals surface area contributed by atoms with E-state index in [9.17, 15) is 45.9 Å². The highest BCUT2D eigenvalue weighted by molar-refractivity contribution is 6.31. The van der Waals surface area contributed by atoms with Gasteiger partial charge in [0.1, 0.15) is 24.4 Å². The maximum absolute atomic E-state index is 14.6. The molecule has 4 amide bonds. The van der Waals surface area contributed by atoms with Crippen LogP contribution >= 0.6 is 11.6 Å². The number of Topliss-reactive ketones (excluding diaryl/α,β-unsaturated/α-hetero) is 1. The fourth-order valence-electron chi connectivity index (χ4n) is 3.71. The lowest BCUT2D eigenvalue weighted by Crippen LogP contribution is -2.58. The van der Waals surface area contributed by atoms with Crippen LogP contribution in [0.1, 0.15) is 42.7 Å². The number of hydrogen-bond donors (Lipinski definition) is 4. The molecule has 2 rings (SSSR count). The summed E-state index contributed by atoms with van der Waals surface area (Å²) in [5.41, 5.74) is 0.245. The Bertz CT molecular complexity index is 1370. The summed E-state index contributed by atoms with van der Waals surface area (Å²) in [7, 11) is 1.37. The first kappa shape index (κ1) is 35.9. The van der Waals surface area contributed by atoms with Crippen LogP contribution in [0.2, 0.25) is 5.02 Å². The topological polar surface area (TPSA) is 143 Å². The molecule has 10 nitrogen and oxygen atoms in total. The van der Waals surface area contributed by atoms with Gasteiger partial charge in [-0.3, -0.25) is 24.0 Å². The van der Waals surface area contributed by atoms with Gasteiger partial charge in [0.15, 0.2) is 0 Å². The number of amides is 4. The second-order valence-corrected chi connectivity index (χ2v) is 10.3. The van der Waals surface area contributed by atoms with Gasteiger partial charge < -0.3 is 26.0 Å². The van der Waals surface area contributed by atoms with Gasteiger partial charge in [0, 0.05) is 10.6 Å². The minimum Gasteiger partial charge on any atom is -0.497 e. The largest absolute Gasteiger partial charge is 0.497 e. The van der Waals surface area contributed by atoms with Crippen LogP contribution in [-0.2, 0) is 19.2 Å². The molecule has 16 heteroatoms. The molecular formula is C28H30ClF5N4O6. The van der Waals surface area contributed by atoms with Crippen molar-refractivity contribution in [1.82, 2.24) is 21.3 Å². The Balaban J connectivity index is 2.31. The van der Waals surface area contributed by atoms with E-state index in [1.165, 1.54) is 76.4 Å². The first-order valence-electron chi connectivity index (χ1n) is 13.0. The van der Waals surface area contributed by atoms with E-state index < -0.39 is 72.1 Å². The van der Waals surface area contributed by atoms with Crippen LogP contribution in [0.5, 0.6) is 5.75 Å². The van der Waals surface area contributed by atoms with Crippen LogP contribution in [0.4, 0.5) is 22.0 Å². The zero-order chi connectivity index (χ0) is 33.4. The number of carbonyl (C=O) groups is 5. The molecule has 0 aliphatic rings. The third kappa shape index (κ3) is 9.89. The molecule has 3 atom stereocenters. The molecule has 240 valence electrons. The van der Waals surface area contributed by atoms with Crippen molar-refractivity contribution in [2.75, 3.05) is 13.7 Å². The Morgan fingerprint density at radius 1 is 0.864 bits per heavy atom. The van der Waals surface area contributed by atoms with Crippen molar-refractivity contribution in [3.05, 3.63) is 64.7 Å². The van der Waals surface area contributed by atoms with Gasteiger partial charge in [-0.1, -0.05) is 43.6 Å². The molecule has 0 aromatic heterocycles. The predicted molar refractivity (Wildman–Crippen MR) is 148 cm³/mol. The predicted octanol–water partition coefficient (Wildman–Crippen LogP) is 3.35. The van der Waals surface area contributed by atoms with E-state index in [0.717, 1.165) is 5.32 Å². The van der Waals surface area contributed by atoms with Gasteiger partial charge in [0.05, 0.1) is 13.2 Å². The molecule has 0 saturated carbocycles. The molecule has 0 bridgehead atoms. The van der Waals surface area contributed by atoms with Crippen molar-refractivity contribution < 1.29 is 50.7 Å². The van der Waals surface area contributed by atoms with E-state index in [2.05, 4.69) is 16.0 Å². The second kappa shape index (κ2) is 14.9. The number of halogens is 6. The summed E-state index contributed by atoms with van der Waals surface area (Å²) in [6.07, 6.45) is -5.02. The van der Waals surface area contributed by atoms with Crippen molar-refractivity contribution in [3.63, 3.8) is 0 Å². The monoisotopic (exact) mass is 648 g/mol. The number of nitrogens with one attached hydrogen (secondary N) is 4. The SMILES string of the molecule is COc1ccc(C(NC(=O)C(C)NC(=O)c2cccc(Cl)c2)C(=O)N[C@H](C(=O)C(F)(F)C(=O)NCC(F)(F)F)C(C)C)cc1. The van der Waals surface area contributed by atoms with Gasteiger partial charge >= 0.3 is 12.1 Å². The molecule has 0 spiro atoms. The Morgan fingerprint density at radius 3 is 2.00 bits per heavy atom. The van der Waals surface area contributed by atoms with Crippen LogP contribution in [0.3, 0.4) is 0 Å². The molecule has 0 heterocycles. The third-order valence-electron chi connectivity index (χ3n) is 6.12. The summed E-state index contributed by atoms with van der Waals surface area (Å²) in [6, 6.07) is 6.51. The number of ketones is 1. The van der Waals surface area contributed by atoms with E-state index in [0.29, 0.717) is 5.75 Å². The fraction of sp³-hybridized carbons (Fsp3) is 0.393. The van der Waals surface area contributed by atoms with E-state index in [1.54, 1.807) is 0 Å². The molecule has 44 heavy (non-hydrogen) atoms. The van der Waals surface area contributed by atoms with Gasteiger partial charge in [0.2, 0.25) is 17.6 Å². The molecular weight excluding hydrogens is 619 g/mol. The lowest BCUT2D eigenvalue weighted by atomic mass is 9.94. The average molecular weight is 649 g/mol. The van der Waals surface area contributed by atoms with Gasteiger partial charge in [-0.25, -0.2) is 0 Å². The highest BCUT2D eigenvalue weighted by Crippen LogP contribution is 2.24. The van der Waals surface area contributed by atoms with Crippen molar-refractivity contribution in [2.45, 2.75) is 51.0 Å². The molecule has 0 fully saturated rings.